The zero-order valence-corrected chi connectivity index (χ0v) is 13.1. The van der Waals surface area contributed by atoms with Gasteiger partial charge in [-0.25, -0.2) is 8.42 Å². The molecule has 0 unspecified atom stereocenters. The van der Waals surface area contributed by atoms with Crippen molar-refractivity contribution in [3.8, 4) is 0 Å². The third-order valence-electron chi connectivity index (χ3n) is 3.47. The maximum absolute atomic E-state index is 12.4. The minimum Gasteiger partial charge on any atom is -0.548 e. The maximum Gasteiger partial charge on any atom is 0.282 e. The Kier molecular flexibility index (Phi) is 4.38. The molecule has 0 aliphatic carbocycles. The van der Waals surface area contributed by atoms with E-state index in [0.717, 1.165) is 18.4 Å². The zero-order chi connectivity index (χ0) is 18.2. The molecule has 0 N–H and O–H groups in total. The zero-order valence-electron chi connectivity index (χ0n) is 12.3. The molecule has 24 heavy (non-hydrogen) atoms. The van der Waals surface area contributed by atoms with Gasteiger partial charge >= 0.3 is 0 Å². The molecular formula is C13H11N2O8S-. The topological polar surface area (TPSA) is 155 Å². The van der Waals surface area contributed by atoms with Crippen molar-refractivity contribution in [2.24, 2.45) is 0 Å². The van der Waals surface area contributed by atoms with Crippen LogP contribution in [0.5, 0.6) is 0 Å². The van der Waals surface area contributed by atoms with Gasteiger partial charge in [-0.1, -0.05) is 6.07 Å². The van der Waals surface area contributed by atoms with Gasteiger partial charge in [-0.2, -0.15) is 0 Å². The predicted octanol–water partition coefficient (Wildman–Crippen LogP) is -1.26. The summed E-state index contributed by atoms with van der Waals surface area (Å²) in [5.41, 5.74) is -1.45. The first-order valence-electron chi connectivity index (χ1n) is 6.58. The number of fused-ring (bicyclic) bond motifs is 1. The van der Waals surface area contributed by atoms with Crippen LogP contribution in [0.3, 0.4) is 0 Å². The summed E-state index contributed by atoms with van der Waals surface area (Å²) in [6.07, 6.45) is 0.299. The molecule has 0 fully saturated rings. The summed E-state index contributed by atoms with van der Waals surface area (Å²) in [6.45, 7) is 0. The number of nitrogens with zero attached hydrogens (tertiary/aromatic N) is 2. The normalized spacial score (nSPS) is 15.3. The fourth-order valence-corrected chi connectivity index (χ4v) is 3.05. The summed E-state index contributed by atoms with van der Waals surface area (Å²) < 4.78 is 22.4. The molecule has 11 heteroatoms. The number of carboxylic acids is 1. The van der Waals surface area contributed by atoms with E-state index in [0.29, 0.717) is 4.90 Å². The molecule has 2 rings (SSSR count). The van der Waals surface area contributed by atoms with Gasteiger partial charge in [0.25, 0.3) is 17.5 Å². The Labute approximate surface area is 135 Å². The first-order chi connectivity index (χ1) is 11.0. The average Bonchev–Trinajstić information content (AvgIpc) is 2.71. The van der Waals surface area contributed by atoms with Gasteiger partial charge in [0.05, 0.1) is 28.3 Å². The van der Waals surface area contributed by atoms with Crippen molar-refractivity contribution in [1.82, 2.24) is 4.90 Å². The van der Waals surface area contributed by atoms with Crippen molar-refractivity contribution in [3.05, 3.63) is 39.4 Å². The predicted molar refractivity (Wildman–Crippen MR) is 76.7 cm³/mol. The molecule has 1 aliphatic heterocycles. The number of amides is 2. The highest BCUT2D eigenvalue weighted by Crippen LogP contribution is 2.32. The van der Waals surface area contributed by atoms with Gasteiger partial charge in [0.2, 0.25) is 0 Å². The monoisotopic (exact) mass is 355 g/mol. The number of nitro groups is 1. The molecule has 128 valence electrons. The highest BCUT2D eigenvalue weighted by atomic mass is 32.2. The quantitative estimate of drug-likeness (QED) is 0.348. The Balaban J connectivity index is 2.46. The second-order valence-corrected chi connectivity index (χ2v) is 7.45. The highest BCUT2D eigenvalue weighted by Gasteiger charge is 2.44. The lowest BCUT2D eigenvalue weighted by atomic mass is 10.1. The van der Waals surface area contributed by atoms with Crippen LogP contribution >= 0.6 is 0 Å². The van der Waals surface area contributed by atoms with E-state index in [2.05, 4.69) is 0 Å². The van der Waals surface area contributed by atoms with Crippen molar-refractivity contribution in [1.29, 1.82) is 0 Å². The minimum atomic E-state index is -3.55. The van der Waals surface area contributed by atoms with Gasteiger partial charge in [-0.05, 0) is 12.5 Å². The van der Waals surface area contributed by atoms with E-state index in [1.54, 1.807) is 0 Å². The van der Waals surface area contributed by atoms with Crippen molar-refractivity contribution >= 4 is 33.3 Å². The Hall–Kier alpha value is -2.82. The first kappa shape index (κ1) is 17.5. The number of benzene rings is 1. The number of carboxylic acid groups (broad SMARTS) is 1. The molecular weight excluding hydrogens is 344 g/mol. The summed E-state index contributed by atoms with van der Waals surface area (Å²) in [5.74, 6) is -4.62. The third kappa shape index (κ3) is 3.11. The molecule has 0 saturated carbocycles. The van der Waals surface area contributed by atoms with E-state index >= 15 is 0 Å². The van der Waals surface area contributed by atoms with E-state index < -0.39 is 62.0 Å². The van der Waals surface area contributed by atoms with Crippen LogP contribution in [0.25, 0.3) is 0 Å². The SMILES string of the molecule is CS(=O)(=O)CC[C@H](C(=O)[O-])N1C(=O)c2cccc([N+](=O)[O-])c2C1=O. The summed E-state index contributed by atoms with van der Waals surface area (Å²) in [6, 6.07) is 1.52. The number of imide groups is 1. The second kappa shape index (κ2) is 6.00. The first-order valence-corrected chi connectivity index (χ1v) is 8.64. The maximum atomic E-state index is 12.4. The number of nitro benzene ring substituents is 1. The number of hydrogen-bond acceptors (Lipinski definition) is 8. The minimum absolute atomic E-state index is 0.304. The Morgan fingerprint density at radius 1 is 1.29 bits per heavy atom. The van der Waals surface area contributed by atoms with E-state index in [1.807, 2.05) is 0 Å². The number of carbonyl (C=O) groups is 3. The molecule has 1 atom stereocenters. The second-order valence-electron chi connectivity index (χ2n) is 5.19. The van der Waals surface area contributed by atoms with Gasteiger partial charge in [0.1, 0.15) is 15.4 Å². The molecule has 1 aromatic rings. The number of sulfone groups is 1. The van der Waals surface area contributed by atoms with E-state index in [-0.39, 0.29) is 5.56 Å². The molecule has 2 amide bonds. The number of carbonyl (C=O) groups excluding carboxylic acids is 3. The lowest BCUT2D eigenvalue weighted by molar-refractivity contribution is -0.385. The fourth-order valence-electron chi connectivity index (χ4n) is 2.40. The largest absolute Gasteiger partial charge is 0.548 e. The molecule has 0 spiro atoms. The molecule has 0 bridgehead atoms. The van der Waals surface area contributed by atoms with Gasteiger partial charge in [-0.3, -0.25) is 24.6 Å². The average molecular weight is 355 g/mol. The van der Waals surface area contributed by atoms with Crippen molar-refractivity contribution in [2.75, 3.05) is 12.0 Å². The van der Waals surface area contributed by atoms with Crippen LogP contribution in [-0.2, 0) is 14.6 Å². The molecule has 0 aromatic heterocycles. The van der Waals surface area contributed by atoms with Crippen LogP contribution < -0.4 is 5.11 Å². The summed E-state index contributed by atoms with van der Waals surface area (Å²) >= 11 is 0. The number of aliphatic carboxylic acids is 1. The molecule has 1 heterocycles. The Morgan fingerprint density at radius 3 is 2.42 bits per heavy atom. The molecule has 0 saturated heterocycles. The lowest BCUT2D eigenvalue weighted by Crippen LogP contribution is -2.51. The van der Waals surface area contributed by atoms with Crippen molar-refractivity contribution < 1.29 is 32.8 Å². The van der Waals surface area contributed by atoms with E-state index in [1.165, 1.54) is 6.07 Å². The van der Waals surface area contributed by atoms with Crippen molar-refractivity contribution in [2.45, 2.75) is 12.5 Å². The van der Waals surface area contributed by atoms with Crippen LogP contribution in [0.15, 0.2) is 18.2 Å². The highest BCUT2D eigenvalue weighted by molar-refractivity contribution is 7.90. The van der Waals surface area contributed by atoms with Crippen LogP contribution in [0.2, 0.25) is 0 Å². The number of hydrogen-bond donors (Lipinski definition) is 0. The molecule has 1 aromatic carbocycles. The van der Waals surface area contributed by atoms with Gasteiger partial charge < -0.3 is 9.90 Å². The van der Waals surface area contributed by atoms with Gasteiger partial charge in [-0.15, -0.1) is 0 Å². The lowest BCUT2D eigenvalue weighted by Gasteiger charge is -2.26. The summed E-state index contributed by atoms with van der Waals surface area (Å²) in [4.78, 5) is 46.4. The fraction of sp³-hybridized carbons (Fsp3) is 0.308. The molecule has 0 radical (unpaired) electrons. The van der Waals surface area contributed by atoms with Gasteiger partial charge in [0.15, 0.2) is 0 Å². The van der Waals surface area contributed by atoms with E-state index in [9.17, 15) is 38.0 Å². The summed E-state index contributed by atoms with van der Waals surface area (Å²) in [7, 11) is -3.55. The molecule has 1 aliphatic rings. The standard InChI is InChI=1S/C13H12N2O8S/c1-24(22,23)6-5-9(13(18)19)14-11(16)7-3-2-4-8(15(20)21)10(7)12(14)17/h2-4,9H,5-6H2,1H3,(H,18,19)/p-1/t9-/m1/s1. The van der Waals surface area contributed by atoms with Crippen LogP contribution in [0.1, 0.15) is 27.1 Å². The number of rotatable bonds is 6. The molecule has 10 nitrogen and oxygen atoms in total. The third-order valence-corrected chi connectivity index (χ3v) is 4.44. The van der Waals surface area contributed by atoms with Crippen LogP contribution in [-0.4, -0.2) is 54.1 Å². The summed E-state index contributed by atoms with van der Waals surface area (Å²) in [5, 5.41) is 22.3. The Bertz CT molecular complexity index is 861. The smallest absolute Gasteiger partial charge is 0.282 e. The van der Waals surface area contributed by atoms with Crippen LogP contribution in [0, 0.1) is 10.1 Å². The van der Waals surface area contributed by atoms with Crippen LogP contribution in [0.4, 0.5) is 5.69 Å². The van der Waals surface area contributed by atoms with E-state index in [4.69, 9.17) is 0 Å². The Morgan fingerprint density at radius 2 is 1.92 bits per heavy atom. The van der Waals surface area contributed by atoms with Crippen molar-refractivity contribution in [3.63, 3.8) is 0 Å². The van der Waals surface area contributed by atoms with Gasteiger partial charge in [0, 0.05) is 12.3 Å².